The Morgan fingerprint density at radius 1 is 1.21 bits per heavy atom. The highest BCUT2D eigenvalue weighted by atomic mass is 32.1. The Hall–Kier alpha value is -1.92. The van der Waals surface area contributed by atoms with Gasteiger partial charge in [-0.1, -0.05) is 0 Å². The van der Waals surface area contributed by atoms with Gasteiger partial charge in [-0.2, -0.15) is 0 Å². The van der Waals surface area contributed by atoms with Crippen LogP contribution >= 0.6 is 11.3 Å². The Kier molecular flexibility index (Phi) is 5.48. The van der Waals surface area contributed by atoms with Gasteiger partial charge in [-0.05, 0) is 48.2 Å². The summed E-state index contributed by atoms with van der Waals surface area (Å²) in [6.45, 7) is 7.25. The third-order valence-corrected chi connectivity index (χ3v) is 5.28. The minimum atomic E-state index is -0.200. The van der Waals surface area contributed by atoms with Crippen molar-refractivity contribution >= 4 is 22.9 Å². The highest BCUT2D eigenvalue weighted by molar-refractivity contribution is 7.12. The lowest BCUT2D eigenvalue weighted by Crippen LogP contribution is -2.48. The largest absolute Gasteiger partial charge is 0.369 e. The van der Waals surface area contributed by atoms with Gasteiger partial charge in [-0.25, -0.2) is 4.39 Å². The van der Waals surface area contributed by atoms with Gasteiger partial charge in [-0.3, -0.25) is 9.69 Å². The first kappa shape index (κ1) is 16.9. The second-order valence-corrected chi connectivity index (χ2v) is 6.96. The Balaban J connectivity index is 1.39. The number of hydrogen-bond donors (Lipinski definition) is 1. The number of hydrogen-bond acceptors (Lipinski definition) is 4. The van der Waals surface area contributed by atoms with Crippen LogP contribution in [0.4, 0.5) is 10.1 Å². The number of thiophene rings is 1. The van der Waals surface area contributed by atoms with Crippen molar-refractivity contribution in [3.8, 4) is 0 Å². The lowest BCUT2D eigenvalue weighted by Gasteiger charge is -2.36. The highest BCUT2D eigenvalue weighted by Crippen LogP contribution is 2.17. The summed E-state index contributed by atoms with van der Waals surface area (Å²) in [5, 5.41) is 4.97. The number of aryl methyl sites for hydroxylation is 1. The number of piperazine rings is 1. The Morgan fingerprint density at radius 3 is 2.54 bits per heavy atom. The quantitative estimate of drug-likeness (QED) is 0.903. The van der Waals surface area contributed by atoms with Crippen molar-refractivity contribution in [1.82, 2.24) is 10.2 Å². The molecule has 0 saturated carbocycles. The standard InChI is InChI=1S/C18H22FN3OS/c1-14-12-17(24-13-14)18(23)20-6-7-21-8-10-22(11-9-21)16-4-2-15(19)3-5-16/h2-5,12-13H,6-11H2,1H3,(H,20,23). The van der Waals surface area contributed by atoms with Crippen molar-refractivity contribution in [3.05, 3.63) is 52.0 Å². The van der Waals surface area contributed by atoms with Crippen LogP contribution in [0.2, 0.25) is 0 Å². The second-order valence-electron chi connectivity index (χ2n) is 6.05. The van der Waals surface area contributed by atoms with Gasteiger partial charge in [0.2, 0.25) is 0 Å². The van der Waals surface area contributed by atoms with Crippen molar-refractivity contribution in [3.63, 3.8) is 0 Å². The number of carbonyl (C=O) groups is 1. The van der Waals surface area contributed by atoms with E-state index in [4.69, 9.17) is 0 Å². The van der Waals surface area contributed by atoms with Crippen LogP contribution in [0.15, 0.2) is 35.7 Å². The fraction of sp³-hybridized carbons (Fsp3) is 0.389. The summed E-state index contributed by atoms with van der Waals surface area (Å²) in [6, 6.07) is 8.58. The smallest absolute Gasteiger partial charge is 0.261 e. The van der Waals surface area contributed by atoms with Crippen LogP contribution in [0.3, 0.4) is 0 Å². The first-order valence-corrected chi connectivity index (χ1v) is 9.06. The number of anilines is 1. The van der Waals surface area contributed by atoms with Crippen molar-refractivity contribution in [1.29, 1.82) is 0 Å². The average molecular weight is 347 g/mol. The second kappa shape index (κ2) is 7.77. The fourth-order valence-electron chi connectivity index (χ4n) is 2.85. The van der Waals surface area contributed by atoms with E-state index in [0.29, 0.717) is 6.54 Å². The predicted octanol–water partition coefficient (Wildman–Crippen LogP) is 2.75. The van der Waals surface area contributed by atoms with Gasteiger partial charge in [-0.15, -0.1) is 11.3 Å². The van der Waals surface area contributed by atoms with Gasteiger partial charge in [0.05, 0.1) is 4.88 Å². The molecular weight excluding hydrogens is 325 g/mol. The van der Waals surface area contributed by atoms with Crippen LogP contribution in [0.1, 0.15) is 15.2 Å². The topological polar surface area (TPSA) is 35.6 Å². The Morgan fingerprint density at radius 2 is 1.92 bits per heavy atom. The molecule has 1 N–H and O–H groups in total. The molecule has 0 aliphatic carbocycles. The zero-order valence-electron chi connectivity index (χ0n) is 13.8. The molecule has 24 heavy (non-hydrogen) atoms. The zero-order chi connectivity index (χ0) is 16.9. The maximum atomic E-state index is 13.0. The van der Waals surface area contributed by atoms with Crippen LogP contribution < -0.4 is 10.2 Å². The number of amides is 1. The molecule has 1 amide bonds. The molecule has 0 bridgehead atoms. The van der Waals surface area contributed by atoms with E-state index in [0.717, 1.165) is 48.9 Å². The van der Waals surface area contributed by atoms with Gasteiger partial charge in [0.15, 0.2) is 0 Å². The van der Waals surface area contributed by atoms with Crippen LogP contribution in [-0.2, 0) is 0 Å². The van der Waals surface area contributed by atoms with E-state index in [1.807, 2.05) is 30.5 Å². The Bertz CT molecular complexity index is 678. The van der Waals surface area contributed by atoms with Crippen LogP contribution in [0.25, 0.3) is 0 Å². The molecule has 0 unspecified atom stereocenters. The number of rotatable bonds is 5. The molecule has 0 atom stereocenters. The molecule has 128 valence electrons. The fourth-order valence-corrected chi connectivity index (χ4v) is 3.66. The average Bonchev–Trinajstić information content (AvgIpc) is 3.03. The predicted molar refractivity (Wildman–Crippen MR) is 96.4 cm³/mol. The van der Waals surface area contributed by atoms with Crippen molar-refractivity contribution in [2.75, 3.05) is 44.2 Å². The summed E-state index contributed by atoms with van der Waals surface area (Å²) in [5.74, 6) is -0.188. The van der Waals surface area contributed by atoms with E-state index >= 15 is 0 Å². The molecule has 1 aliphatic heterocycles. The lowest BCUT2D eigenvalue weighted by atomic mass is 10.2. The summed E-state index contributed by atoms with van der Waals surface area (Å²) in [4.78, 5) is 17.4. The van der Waals surface area contributed by atoms with Crippen LogP contribution in [0, 0.1) is 12.7 Å². The van der Waals surface area contributed by atoms with Gasteiger partial charge >= 0.3 is 0 Å². The molecule has 1 aliphatic rings. The SMILES string of the molecule is Cc1csc(C(=O)NCCN2CCN(c3ccc(F)cc3)CC2)c1. The van der Waals surface area contributed by atoms with E-state index < -0.39 is 0 Å². The monoisotopic (exact) mass is 347 g/mol. The minimum Gasteiger partial charge on any atom is -0.369 e. The molecule has 2 aromatic rings. The summed E-state index contributed by atoms with van der Waals surface area (Å²) < 4.78 is 13.0. The van der Waals surface area contributed by atoms with Crippen molar-refractivity contribution < 1.29 is 9.18 Å². The number of halogens is 1. The molecular formula is C18H22FN3OS. The highest BCUT2D eigenvalue weighted by Gasteiger charge is 2.17. The molecule has 4 nitrogen and oxygen atoms in total. The third kappa shape index (κ3) is 4.33. The van der Waals surface area contributed by atoms with Gasteiger partial charge in [0.25, 0.3) is 5.91 Å². The van der Waals surface area contributed by atoms with Crippen LogP contribution in [-0.4, -0.2) is 50.1 Å². The van der Waals surface area contributed by atoms with Gasteiger partial charge < -0.3 is 10.2 Å². The maximum Gasteiger partial charge on any atom is 0.261 e. The summed E-state index contributed by atoms with van der Waals surface area (Å²) >= 11 is 1.48. The molecule has 6 heteroatoms. The minimum absolute atomic E-state index is 0.0121. The summed E-state index contributed by atoms with van der Waals surface area (Å²) in [5.41, 5.74) is 2.19. The summed E-state index contributed by atoms with van der Waals surface area (Å²) in [6.07, 6.45) is 0. The van der Waals surface area contributed by atoms with Crippen molar-refractivity contribution in [2.24, 2.45) is 0 Å². The first-order valence-electron chi connectivity index (χ1n) is 8.18. The maximum absolute atomic E-state index is 13.0. The number of nitrogens with zero attached hydrogens (tertiary/aromatic N) is 2. The molecule has 1 aromatic heterocycles. The molecule has 1 saturated heterocycles. The van der Waals surface area contributed by atoms with E-state index in [9.17, 15) is 9.18 Å². The number of carbonyl (C=O) groups excluding carboxylic acids is 1. The molecule has 2 heterocycles. The lowest BCUT2D eigenvalue weighted by molar-refractivity contribution is 0.0952. The van der Waals surface area contributed by atoms with Gasteiger partial charge in [0.1, 0.15) is 5.82 Å². The van der Waals surface area contributed by atoms with E-state index in [2.05, 4.69) is 15.1 Å². The number of benzene rings is 1. The van der Waals surface area contributed by atoms with Crippen molar-refractivity contribution in [2.45, 2.75) is 6.92 Å². The normalized spacial score (nSPS) is 15.5. The van der Waals surface area contributed by atoms with Gasteiger partial charge in [0, 0.05) is 45.0 Å². The molecule has 0 spiro atoms. The van der Waals surface area contributed by atoms with E-state index in [1.165, 1.54) is 23.5 Å². The molecule has 1 aromatic carbocycles. The first-order chi connectivity index (χ1) is 11.6. The van der Waals surface area contributed by atoms with E-state index in [1.54, 1.807) is 0 Å². The van der Waals surface area contributed by atoms with E-state index in [-0.39, 0.29) is 11.7 Å². The summed E-state index contributed by atoms with van der Waals surface area (Å²) in [7, 11) is 0. The third-order valence-electron chi connectivity index (χ3n) is 4.23. The number of nitrogens with one attached hydrogen (secondary N) is 1. The molecule has 3 rings (SSSR count). The Labute approximate surface area is 145 Å². The molecule has 0 radical (unpaired) electrons. The zero-order valence-corrected chi connectivity index (χ0v) is 14.6. The molecule has 1 fully saturated rings. The van der Waals surface area contributed by atoms with Crippen LogP contribution in [0.5, 0.6) is 0 Å².